The minimum atomic E-state index is -0.966. The number of nitrogens with zero attached hydrogens (tertiary/aromatic N) is 6. The van der Waals surface area contributed by atoms with E-state index in [1.54, 1.807) is 13.0 Å². The van der Waals surface area contributed by atoms with Gasteiger partial charge in [-0.2, -0.15) is 0 Å². The summed E-state index contributed by atoms with van der Waals surface area (Å²) < 4.78 is 1.36. The summed E-state index contributed by atoms with van der Waals surface area (Å²) in [5, 5.41) is 31.4. The predicted molar refractivity (Wildman–Crippen MR) is 128 cm³/mol. The van der Waals surface area contributed by atoms with Gasteiger partial charge in [0.25, 0.3) is 0 Å². The molecule has 9 heteroatoms. The third kappa shape index (κ3) is 5.00. The van der Waals surface area contributed by atoms with Crippen molar-refractivity contribution in [2.24, 2.45) is 0 Å². The van der Waals surface area contributed by atoms with Crippen molar-refractivity contribution in [3.8, 4) is 17.1 Å². The largest absolute Gasteiger partial charge is 0.508 e. The van der Waals surface area contributed by atoms with Gasteiger partial charge in [0, 0.05) is 38.3 Å². The number of phenols is 1. The highest BCUT2D eigenvalue weighted by Crippen LogP contribution is 2.33. The number of rotatable bonds is 9. The fourth-order valence-corrected chi connectivity index (χ4v) is 4.56. The second-order valence-electron chi connectivity index (χ2n) is 8.45. The number of piperazine rings is 1. The average molecular weight is 463 g/mol. The van der Waals surface area contributed by atoms with Crippen molar-refractivity contribution in [1.29, 1.82) is 0 Å². The molecule has 0 spiro atoms. The van der Waals surface area contributed by atoms with Crippen molar-refractivity contribution >= 4 is 5.97 Å². The van der Waals surface area contributed by atoms with Crippen LogP contribution in [-0.2, 0) is 4.79 Å². The molecule has 9 nitrogen and oxygen atoms in total. The molecule has 1 aromatic heterocycles. The molecule has 1 fully saturated rings. The van der Waals surface area contributed by atoms with Crippen molar-refractivity contribution in [3.05, 3.63) is 72.3 Å². The normalized spacial score (nSPS) is 16.7. The Labute approximate surface area is 198 Å². The van der Waals surface area contributed by atoms with Gasteiger partial charge in [-0.3, -0.25) is 9.80 Å². The maximum Gasteiger partial charge on any atom is 0.328 e. The lowest BCUT2D eigenvalue weighted by Crippen LogP contribution is -2.47. The summed E-state index contributed by atoms with van der Waals surface area (Å²) in [6, 6.07) is 14.5. The molecule has 1 aliphatic rings. The Morgan fingerprint density at radius 2 is 1.85 bits per heavy atom. The number of aromatic nitrogens is 4. The Balaban J connectivity index is 1.64. The second kappa shape index (κ2) is 10.6. The molecule has 2 aromatic carbocycles. The van der Waals surface area contributed by atoms with Crippen LogP contribution in [0.3, 0.4) is 0 Å². The lowest BCUT2D eigenvalue weighted by Gasteiger charge is -2.39. The SMILES string of the molecule is C=CCN1CCN([C@H](c2ccc(-c3nnnn3[C@@H](CC)C(=O)O)cc2)c2cccc(O)c2)CC1. The number of carboxylic acid groups (broad SMARTS) is 1. The van der Waals surface area contributed by atoms with Gasteiger partial charge in [-0.05, 0) is 40.1 Å². The fourth-order valence-electron chi connectivity index (χ4n) is 4.56. The Morgan fingerprint density at radius 1 is 1.12 bits per heavy atom. The summed E-state index contributed by atoms with van der Waals surface area (Å²) in [5.74, 6) is -0.303. The second-order valence-corrected chi connectivity index (χ2v) is 8.45. The molecule has 0 aliphatic carbocycles. The molecule has 0 radical (unpaired) electrons. The highest BCUT2D eigenvalue weighted by atomic mass is 16.4. The standard InChI is InChI=1S/C25H30N6O3/c1-3-12-29-13-15-30(16-14-29)23(20-6-5-7-21(32)17-20)18-8-10-19(11-9-18)24-26-27-28-31(24)22(4-2)25(33)34/h3,5-11,17,22-23,32H,1,4,12-16H2,2H3,(H,33,34)/t22-,23+/m0/s1. The summed E-state index contributed by atoms with van der Waals surface area (Å²) in [4.78, 5) is 16.4. The molecule has 1 saturated heterocycles. The van der Waals surface area contributed by atoms with Gasteiger partial charge in [-0.25, -0.2) is 9.48 Å². The third-order valence-corrected chi connectivity index (χ3v) is 6.29. The first-order valence-electron chi connectivity index (χ1n) is 11.5. The van der Waals surface area contributed by atoms with Gasteiger partial charge < -0.3 is 10.2 Å². The van der Waals surface area contributed by atoms with Gasteiger partial charge in [0.15, 0.2) is 11.9 Å². The number of carbonyl (C=O) groups is 1. The van der Waals surface area contributed by atoms with E-state index in [1.165, 1.54) is 4.68 Å². The van der Waals surface area contributed by atoms with Crippen LogP contribution in [0.1, 0.15) is 36.6 Å². The van der Waals surface area contributed by atoms with Crippen LogP contribution in [0.15, 0.2) is 61.2 Å². The number of benzene rings is 2. The molecule has 4 rings (SSSR count). The first kappa shape index (κ1) is 23.6. The minimum absolute atomic E-state index is 0.0227. The molecule has 2 atom stereocenters. The maximum atomic E-state index is 11.6. The van der Waals surface area contributed by atoms with Crippen molar-refractivity contribution in [1.82, 2.24) is 30.0 Å². The molecule has 1 aliphatic heterocycles. The molecule has 0 saturated carbocycles. The number of aromatic hydroxyl groups is 1. The van der Waals surface area contributed by atoms with Crippen LogP contribution in [0.5, 0.6) is 5.75 Å². The van der Waals surface area contributed by atoms with E-state index >= 15 is 0 Å². The molecule has 0 bridgehead atoms. The number of hydrogen-bond acceptors (Lipinski definition) is 7. The van der Waals surface area contributed by atoms with Gasteiger partial charge in [-0.15, -0.1) is 11.7 Å². The molecule has 3 aromatic rings. The Morgan fingerprint density at radius 3 is 2.47 bits per heavy atom. The Bertz CT molecular complexity index is 1120. The first-order valence-corrected chi connectivity index (χ1v) is 11.5. The fraction of sp³-hybridized carbons (Fsp3) is 0.360. The van der Waals surface area contributed by atoms with Gasteiger partial charge in [-0.1, -0.05) is 49.4 Å². The van der Waals surface area contributed by atoms with E-state index in [0.29, 0.717) is 12.2 Å². The van der Waals surface area contributed by atoms with Gasteiger partial charge in [0.05, 0.1) is 6.04 Å². The lowest BCUT2D eigenvalue weighted by molar-refractivity contribution is -0.141. The number of carboxylic acids is 1. The zero-order chi connectivity index (χ0) is 24.1. The Kier molecular flexibility index (Phi) is 7.34. The van der Waals surface area contributed by atoms with Crippen LogP contribution in [0, 0.1) is 0 Å². The van der Waals surface area contributed by atoms with Crippen molar-refractivity contribution < 1.29 is 15.0 Å². The maximum absolute atomic E-state index is 11.6. The van der Waals surface area contributed by atoms with Crippen molar-refractivity contribution in [2.75, 3.05) is 32.7 Å². The Hall–Kier alpha value is -3.56. The summed E-state index contributed by atoms with van der Waals surface area (Å²) in [7, 11) is 0. The third-order valence-electron chi connectivity index (χ3n) is 6.29. The van der Waals surface area contributed by atoms with Gasteiger partial charge in [0.1, 0.15) is 5.75 Å². The van der Waals surface area contributed by atoms with Gasteiger partial charge in [0.2, 0.25) is 0 Å². The van der Waals surface area contributed by atoms with Crippen LogP contribution >= 0.6 is 0 Å². The van der Waals surface area contributed by atoms with Crippen LogP contribution in [0.4, 0.5) is 0 Å². The number of hydrogen-bond donors (Lipinski definition) is 2. The summed E-state index contributed by atoms with van der Waals surface area (Å²) >= 11 is 0. The quantitative estimate of drug-likeness (QED) is 0.468. The van der Waals surface area contributed by atoms with Crippen LogP contribution in [0.25, 0.3) is 11.4 Å². The predicted octanol–water partition coefficient (Wildman–Crippen LogP) is 2.97. The molecule has 34 heavy (non-hydrogen) atoms. The van der Waals surface area contributed by atoms with Crippen LogP contribution < -0.4 is 0 Å². The average Bonchev–Trinajstić information content (AvgIpc) is 3.31. The molecule has 0 amide bonds. The summed E-state index contributed by atoms with van der Waals surface area (Å²) in [5.41, 5.74) is 2.85. The first-order chi connectivity index (χ1) is 16.5. The lowest BCUT2D eigenvalue weighted by atomic mass is 9.95. The highest BCUT2D eigenvalue weighted by molar-refractivity contribution is 5.72. The zero-order valence-corrected chi connectivity index (χ0v) is 19.3. The van der Waals surface area contributed by atoms with E-state index in [9.17, 15) is 15.0 Å². The molecule has 0 unspecified atom stereocenters. The topological polar surface area (TPSA) is 108 Å². The number of phenolic OH excluding ortho intramolecular Hbond substituents is 1. The van der Waals surface area contributed by atoms with E-state index in [2.05, 4.69) is 31.9 Å². The van der Waals surface area contributed by atoms with E-state index in [4.69, 9.17) is 0 Å². The summed E-state index contributed by atoms with van der Waals surface area (Å²) in [6.45, 7) is 10.2. The monoisotopic (exact) mass is 462 g/mol. The summed E-state index contributed by atoms with van der Waals surface area (Å²) in [6.07, 6.45) is 2.31. The zero-order valence-electron chi connectivity index (χ0n) is 19.3. The minimum Gasteiger partial charge on any atom is -0.508 e. The molecular formula is C25H30N6O3. The highest BCUT2D eigenvalue weighted by Gasteiger charge is 2.27. The molecule has 2 N–H and O–H groups in total. The smallest absolute Gasteiger partial charge is 0.328 e. The van der Waals surface area contributed by atoms with E-state index in [1.807, 2.05) is 48.5 Å². The van der Waals surface area contributed by atoms with E-state index < -0.39 is 12.0 Å². The van der Waals surface area contributed by atoms with Crippen molar-refractivity contribution in [2.45, 2.75) is 25.4 Å². The van der Waals surface area contributed by atoms with Gasteiger partial charge >= 0.3 is 5.97 Å². The van der Waals surface area contributed by atoms with E-state index in [0.717, 1.165) is 49.4 Å². The van der Waals surface area contributed by atoms with Crippen LogP contribution in [0.2, 0.25) is 0 Å². The molecule has 2 heterocycles. The van der Waals surface area contributed by atoms with E-state index in [-0.39, 0.29) is 11.8 Å². The van der Waals surface area contributed by atoms with Crippen LogP contribution in [-0.4, -0.2) is 78.9 Å². The molecular weight excluding hydrogens is 432 g/mol. The number of tetrazole rings is 1. The number of aliphatic carboxylic acids is 1. The van der Waals surface area contributed by atoms with Crippen molar-refractivity contribution in [3.63, 3.8) is 0 Å². The molecule has 178 valence electrons.